The van der Waals surface area contributed by atoms with Crippen LogP contribution in [0.4, 0.5) is 0 Å². The van der Waals surface area contributed by atoms with Gasteiger partial charge in [-0.05, 0) is 0 Å². The molecule has 1 atom stereocenters. The first-order chi connectivity index (χ1) is 6.61. The third-order valence-corrected chi connectivity index (χ3v) is 1.16. The predicted octanol–water partition coefficient (Wildman–Crippen LogP) is -3.08. The van der Waals surface area contributed by atoms with E-state index < -0.39 is 16.7 Å². The van der Waals surface area contributed by atoms with Gasteiger partial charge < -0.3 is 11.5 Å². The molecule has 0 radical (unpaired) electrons. The lowest BCUT2D eigenvalue weighted by Gasteiger charge is -2.23. The fraction of sp³-hybridized carbons (Fsp3) is 0.250. The minimum absolute atomic E-state index is 0.231. The number of amidine groups is 1. The van der Waals surface area contributed by atoms with E-state index in [1.165, 1.54) is 11.2 Å². The molecular weight excluding hydrogens is 228 g/mol. The zero-order valence-corrected chi connectivity index (χ0v) is 8.29. The molecule has 0 saturated heterocycles. The van der Waals surface area contributed by atoms with Crippen molar-refractivity contribution in [1.82, 2.24) is 5.01 Å². The summed E-state index contributed by atoms with van der Waals surface area (Å²) in [5, 5.41) is 1.19. The van der Waals surface area contributed by atoms with Crippen molar-refractivity contribution < 1.29 is 17.5 Å². The van der Waals surface area contributed by atoms with Gasteiger partial charge in [0.2, 0.25) is 0 Å². The Bertz CT molecular complexity index is 345. The van der Waals surface area contributed by atoms with Crippen LogP contribution in [0.3, 0.4) is 0 Å². The maximum absolute atomic E-state index is 8.74. The summed E-state index contributed by atoms with van der Waals surface area (Å²) >= 11 is 0. The first-order valence-corrected chi connectivity index (χ1v) is 4.80. The first-order valence-electron chi connectivity index (χ1n) is 3.40. The number of nitrogens with two attached hydrogens (primary N) is 4. The molecule has 0 aromatic rings. The van der Waals surface area contributed by atoms with Crippen LogP contribution in [0, 0.1) is 0 Å². The summed E-state index contributed by atoms with van der Waals surface area (Å²) in [5.41, 5.74) is 16.4. The van der Waals surface area contributed by atoms with Gasteiger partial charge in [-0.15, -0.1) is 0 Å². The molecule has 10 nitrogen and oxygen atoms in total. The highest BCUT2D eigenvalue weighted by Gasteiger charge is 2.12. The molecule has 0 aromatic carbocycles. The monoisotopic (exact) mass is 240 g/mol. The van der Waals surface area contributed by atoms with Crippen LogP contribution in [0.15, 0.2) is 16.9 Å². The van der Waals surface area contributed by atoms with Gasteiger partial charge in [0.25, 0.3) is 0 Å². The lowest BCUT2D eigenvalue weighted by Crippen LogP contribution is -2.47. The van der Waals surface area contributed by atoms with Gasteiger partial charge in [0.1, 0.15) is 5.84 Å². The topological polar surface area (TPSA) is 194 Å². The van der Waals surface area contributed by atoms with Crippen LogP contribution in [0.5, 0.6) is 0 Å². The van der Waals surface area contributed by atoms with Crippen LogP contribution in [-0.2, 0) is 10.4 Å². The van der Waals surface area contributed by atoms with Gasteiger partial charge in [0.05, 0.1) is 5.70 Å². The minimum Gasteiger partial charge on any atom is -0.395 e. The summed E-state index contributed by atoms with van der Waals surface area (Å²) in [6.45, 7) is 0. The molecule has 0 aliphatic carbocycles. The summed E-state index contributed by atoms with van der Waals surface area (Å²) < 4.78 is 31.6. The Morgan fingerprint density at radius 1 is 1.40 bits per heavy atom. The van der Waals surface area contributed by atoms with E-state index in [9.17, 15) is 0 Å². The van der Waals surface area contributed by atoms with E-state index in [4.69, 9.17) is 40.6 Å². The molecular formula is C4H12N6O4S. The lowest BCUT2D eigenvalue weighted by atomic mass is 10.4. The number of hydrogen-bond acceptors (Lipinski definition) is 8. The zero-order chi connectivity index (χ0) is 12.2. The molecule has 1 unspecified atom stereocenters. The fourth-order valence-electron chi connectivity index (χ4n) is 0.587. The standard InChI is InChI=1S/C4H10N6.H2O4S/c5-2-1-10(8)4(7)9-3(2)6;1-5(2,3)4/h1,4H,5,7-8H2,(H2,6,9);(H2,1,2,3,4). The minimum atomic E-state index is -4.67. The molecule has 0 amide bonds. The van der Waals surface area contributed by atoms with Crippen molar-refractivity contribution in [3.8, 4) is 0 Å². The zero-order valence-electron chi connectivity index (χ0n) is 7.48. The van der Waals surface area contributed by atoms with Crippen molar-refractivity contribution in [3.05, 3.63) is 11.9 Å². The molecule has 11 heteroatoms. The molecule has 0 aromatic heterocycles. The molecule has 1 heterocycles. The van der Waals surface area contributed by atoms with Gasteiger partial charge in [0.15, 0.2) is 6.29 Å². The molecule has 10 N–H and O–H groups in total. The van der Waals surface area contributed by atoms with E-state index in [-0.39, 0.29) is 5.84 Å². The predicted molar refractivity (Wildman–Crippen MR) is 52.1 cm³/mol. The van der Waals surface area contributed by atoms with Crippen LogP contribution in [0.1, 0.15) is 0 Å². The molecule has 88 valence electrons. The van der Waals surface area contributed by atoms with E-state index in [0.717, 1.165) is 0 Å². The van der Waals surface area contributed by atoms with E-state index >= 15 is 0 Å². The van der Waals surface area contributed by atoms with Crippen molar-refractivity contribution in [2.24, 2.45) is 28.0 Å². The normalized spacial score (nSPS) is 21.1. The van der Waals surface area contributed by atoms with E-state index in [0.29, 0.717) is 5.70 Å². The Kier molecular flexibility index (Phi) is 4.44. The third kappa shape index (κ3) is 6.64. The maximum Gasteiger partial charge on any atom is 0.394 e. The highest BCUT2D eigenvalue weighted by molar-refractivity contribution is 7.79. The van der Waals surface area contributed by atoms with Crippen molar-refractivity contribution in [1.29, 1.82) is 0 Å². The average Bonchev–Trinajstić information content (AvgIpc) is 1.98. The molecule has 0 saturated carbocycles. The first kappa shape index (κ1) is 13.6. The van der Waals surface area contributed by atoms with Gasteiger partial charge in [-0.2, -0.15) is 8.42 Å². The smallest absolute Gasteiger partial charge is 0.394 e. The molecule has 0 fully saturated rings. The second kappa shape index (κ2) is 4.90. The van der Waals surface area contributed by atoms with Crippen LogP contribution in [-0.4, -0.2) is 34.7 Å². The second-order valence-electron chi connectivity index (χ2n) is 2.41. The molecule has 1 rings (SSSR count). The van der Waals surface area contributed by atoms with Gasteiger partial charge in [-0.1, -0.05) is 0 Å². The fourth-order valence-corrected chi connectivity index (χ4v) is 0.587. The highest BCUT2D eigenvalue weighted by Crippen LogP contribution is 1.99. The van der Waals surface area contributed by atoms with Crippen LogP contribution >= 0.6 is 0 Å². The molecule has 15 heavy (non-hydrogen) atoms. The van der Waals surface area contributed by atoms with Crippen LogP contribution in [0.25, 0.3) is 0 Å². The Labute approximate surface area is 85.8 Å². The number of rotatable bonds is 0. The number of nitrogens with zero attached hydrogens (tertiary/aromatic N) is 2. The molecule has 1 aliphatic rings. The summed E-state index contributed by atoms with van der Waals surface area (Å²) in [6, 6.07) is 0. The SMILES string of the molecule is NC1=CN(N)C(N)N=C1N.O=S(=O)(O)O. The summed E-state index contributed by atoms with van der Waals surface area (Å²) in [7, 11) is -4.67. The lowest BCUT2D eigenvalue weighted by molar-refractivity contribution is 0.292. The second-order valence-corrected chi connectivity index (χ2v) is 3.30. The van der Waals surface area contributed by atoms with Crippen molar-refractivity contribution in [2.75, 3.05) is 0 Å². The van der Waals surface area contributed by atoms with Gasteiger partial charge >= 0.3 is 10.4 Å². The quantitative estimate of drug-likeness (QED) is 0.188. The van der Waals surface area contributed by atoms with E-state index in [2.05, 4.69) is 4.99 Å². The Morgan fingerprint density at radius 3 is 2.13 bits per heavy atom. The summed E-state index contributed by atoms with van der Waals surface area (Å²) in [5.74, 6) is 5.55. The third-order valence-electron chi connectivity index (χ3n) is 1.16. The van der Waals surface area contributed by atoms with Crippen LogP contribution in [0.2, 0.25) is 0 Å². The Hall–Kier alpha value is -1.40. The number of hydrazine groups is 1. The van der Waals surface area contributed by atoms with E-state index in [1.54, 1.807) is 0 Å². The largest absolute Gasteiger partial charge is 0.395 e. The summed E-state index contributed by atoms with van der Waals surface area (Å²) in [4.78, 5) is 3.72. The maximum atomic E-state index is 8.74. The average molecular weight is 240 g/mol. The van der Waals surface area contributed by atoms with E-state index in [1.807, 2.05) is 0 Å². The summed E-state index contributed by atoms with van der Waals surface area (Å²) in [6.07, 6.45) is 0.819. The Balaban J connectivity index is 0.000000336. The van der Waals surface area contributed by atoms with Crippen molar-refractivity contribution in [2.45, 2.75) is 6.29 Å². The molecule has 0 spiro atoms. The van der Waals surface area contributed by atoms with Gasteiger partial charge in [-0.3, -0.25) is 19.8 Å². The number of hydrogen-bond donors (Lipinski definition) is 6. The van der Waals surface area contributed by atoms with Crippen molar-refractivity contribution in [3.63, 3.8) is 0 Å². The van der Waals surface area contributed by atoms with Crippen molar-refractivity contribution >= 4 is 16.2 Å². The molecule has 1 aliphatic heterocycles. The molecule has 0 bridgehead atoms. The van der Waals surface area contributed by atoms with Crippen LogP contribution < -0.4 is 23.0 Å². The highest BCUT2D eigenvalue weighted by atomic mass is 32.3. The van der Waals surface area contributed by atoms with Gasteiger partial charge in [-0.25, -0.2) is 10.8 Å². The van der Waals surface area contributed by atoms with Gasteiger partial charge in [0, 0.05) is 6.20 Å². The number of aliphatic imine (C=N–C) groups is 1. The Morgan fingerprint density at radius 2 is 1.80 bits per heavy atom.